The number of rotatable bonds is 4. The van der Waals surface area contributed by atoms with Crippen molar-refractivity contribution in [3.8, 4) is 11.5 Å². The zero-order chi connectivity index (χ0) is 17.1. The van der Waals surface area contributed by atoms with E-state index in [0.717, 1.165) is 37.7 Å². The SMILES string of the molecule is N[C@@H]1C=CC=CN1CC1CCN(CC2COc3ccccc3O2)CC1. The first-order valence-corrected chi connectivity index (χ1v) is 9.25. The third kappa shape index (κ3) is 3.99. The normalized spacial score (nSPS) is 26.8. The molecule has 0 amide bonds. The smallest absolute Gasteiger partial charge is 0.161 e. The van der Waals surface area contributed by atoms with E-state index in [2.05, 4.69) is 22.1 Å². The van der Waals surface area contributed by atoms with E-state index < -0.39 is 0 Å². The van der Waals surface area contributed by atoms with Gasteiger partial charge >= 0.3 is 0 Å². The average molecular weight is 341 g/mol. The van der Waals surface area contributed by atoms with Gasteiger partial charge in [0, 0.05) is 19.3 Å². The minimum Gasteiger partial charge on any atom is -0.486 e. The van der Waals surface area contributed by atoms with Crippen molar-refractivity contribution < 1.29 is 9.47 Å². The third-order valence-electron chi connectivity index (χ3n) is 5.29. The van der Waals surface area contributed by atoms with Crippen LogP contribution in [0.3, 0.4) is 0 Å². The Morgan fingerprint density at radius 3 is 2.64 bits per heavy atom. The van der Waals surface area contributed by atoms with Crippen molar-refractivity contribution in [2.24, 2.45) is 11.7 Å². The summed E-state index contributed by atoms with van der Waals surface area (Å²) >= 11 is 0. The second-order valence-corrected chi connectivity index (χ2v) is 7.16. The predicted octanol–water partition coefficient (Wildman–Crippen LogP) is 2.21. The quantitative estimate of drug-likeness (QED) is 0.910. The summed E-state index contributed by atoms with van der Waals surface area (Å²) < 4.78 is 11.9. The lowest BCUT2D eigenvalue weighted by atomic mass is 9.95. The minimum atomic E-state index is 0.0240. The van der Waals surface area contributed by atoms with Crippen LogP contribution in [0.2, 0.25) is 0 Å². The molecule has 1 unspecified atom stereocenters. The topological polar surface area (TPSA) is 51.0 Å². The molecule has 5 nitrogen and oxygen atoms in total. The van der Waals surface area contributed by atoms with Gasteiger partial charge in [0.15, 0.2) is 11.5 Å². The summed E-state index contributed by atoms with van der Waals surface area (Å²) in [5.74, 6) is 2.44. The van der Waals surface area contributed by atoms with Crippen LogP contribution in [-0.2, 0) is 0 Å². The standard InChI is InChI=1S/C20H27N3O2/c21-20-7-3-4-10-23(20)13-16-8-11-22(12-9-16)14-17-15-24-18-5-1-2-6-19(18)25-17/h1-7,10,16-17,20H,8-9,11-15,21H2/t17?,20-/m0/s1. The molecular formula is C20H27N3O2. The van der Waals surface area contributed by atoms with E-state index >= 15 is 0 Å². The first kappa shape index (κ1) is 16.5. The van der Waals surface area contributed by atoms with E-state index in [-0.39, 0.29) is 12.3 Å². The van der Waals surface area contributed by atoms with Gasteiger partial charge in [-0.15, -0.1) is 0 Å². The van der Waals surface area contributed by atoms with Crippen molar-refractivity contribution in [1.29, 1.82) is 0 Å². The highest BCUT2D eigenvalue weighted by molar-refractivity contribution is 5.40. The van der Waals surface area contributed by atoms with E-state index in [1.807, 2.05) is 36.4 Å². The van der Waals surface area contributed by atoms with Crippen LogP contribution in [-0.4, -0.2) is 54.9 Å². The van der Waals surface area contributed by atoms with Crippen molar-refractivity contribution >= 4 is 0 Å². The fraction of sp³-hybridized carbons (Fsp3) is 0.500. The molecule has 3 aliphatic heterocycles. The van der Waals surface area contributed by atoms with Gasteiger partial charge in [0.05, 0.1) is 6.17 Å². The molecule has 2 atom stereocenters. The van der Waals surface area contributed by atoms with Crippen molar-refractivity contribution in [2.75, 3.05) is 32.8 Å². The number of fused-ring (bicyclic) bond motifs is 1. The number of allylic oxidation sites excluding steroid dienone is 2. The Morgan fingerprint density at radius 1 is 1.04 bits per heavy atom. The number of hydrogen-bond donors (Lipinski definition) is 1. The van der Waals surface area contributed by atoms with E-state index in [9.17, 15) is 0 Å². The zero-order valence-electron chi connectivity index (χ0n) is 14.6. The molecule has 1 aromatic rings. The maximum Gasteiger partial charge on any atom is 0.161 e. The number of hydrogen-bond acceptors (Lipinski definition) is 5. The Bertz CT molecular complexity index is 638. The molecule has 0 aliphatic carbocycles. The number of likely N-dealkylation sites (tertiary alicyclic amines) is 1. The number of nitrogens with zero attached hydrogens (tertiary/aromatic N) is 2. The molecule has 0 bridgehead atoms. The van der Waals surface area contributed by atoms with E-state index in [1.165, 1.54) is 12.8 Å². The maximum atomic E-state index is 6.13. The first-order valence-electron chi connectivity index (χ1n) is 9.25. The summed E-state index contributed by atoms with van der Waals surface area (Å²) in [6.45, 7) is 4.86. The molecule has 134 valence electrons. The monoisotopic (exact) mass is 341 g/mol. The minimum absolute atomic E-state index is 0.0240. The molecule has 0 saturated carbocycles. The van der Waals surface area contributed by atoms with E-state index in [4.69, 9.17) is 15.2 Å². The van der Waals surface area contributed by atoms with Gasteiger partial charge in [0.25, 0.3) is 0 Å². The number of nitrogens with two attached hydrogens (primary N) is 1. The van der Waals surface area contributed by atoms with Crippen LogP contribution < -0.4 is 15.2 Å². The molecular weight excluding hydrogens is 314 g/mol. The van der Waals surface area contributed by atoms with Crippen LogP contribution in [0.15, 0.2) is 48.7 Å². The van der Waals surface area contributed by atoms with Crippen molar-refractivity contribution in [1.82, 2.24) is 9.80 Å². The highest BCUT2D eigenvalue weighted by atomic mass is 16.6. The van der Waals surface area contributed by atoms with Crippen LogP contribution in [0.5, 0.6) is 11.5 Å². The molecule has 1 fully saturated rings. The summed E-state index contributed by atoms with van der Waals surface area (Å²) in [6, 6.07) is 7.92. The van der Waals surface area contributed by atoms with E-state index in [1.54, 1.807) is 0 Å². The molecule has 0 radical (unpaired) electrons. The fourth-order valence-corrected chi connectivity index (χ4v) is 3.82. The fourth-order valence-electron chi connectivity index (χ4n) is 3.82. The summed E-state index contributed by atoms with van der Waals surface area (Å²) in [4.78, 5) is 4.75. The predicted molar refractivity (Wildman–Crippen MR) is 98.5 cm³/mol. The second kappa shape index (κ2) is 7.50. The van der Waals surface area contributed by atoms with Gasteiger partial charge in [0.1, 0.15) is 12.7 Å². The zero-order valence-corrected chi connectivity index (χ0v) is 14.6. The molecule has 25 heavy (non-hydrogen) atoms. The largest absolute Gasteiger partial charge is 0.486 e. The number of benzene rings is 1. The van der Waals surface area contributed by atoms with Gasteiger partial charge in [0.2, 0.25) is 0 Å². The van der Waals surface area contributed by atoms with Crippen LogP contribution >= 0.6 is 0 Å². The molecule has 2 N–H and O–H groups in total. The van der Waals surface area contributed by atoms with Gasteiger partial charge < -0.3 is 20.1 Å². The van der Waals surface area contributed by atoms with Gasteiger partial charge in [-0.2, -0.15) is 0 Å². The van der Waals surface area contributed by atoms with Crippen molar-refractivity contribution in [3.05, 3.63) is 48.7 Å². The second-order valence-electron chi connectivity index (χ2n) is 7.16. The lowest BCUT2D eigenvalue weighted by molar-refractivity contribution is 0.0454. The lowest BCUT2D eigenvalue weighted by Gasteiger charge is -2.38. The van der Waals surface area contributed by atoms with Gasteiger partial charge in [-0.25, -0.2) is 0 Å². The highest BCUT2D eigenvalue weighted by Crippen LogP contribution is 2.31. The number of piperidine rings is 1. The molecule has 0 spiro atoms. The van der Waals surface area contributed by atoms with Crippen LogP contribution in [0.1, 0.15) is 12.8 Å². The Labute approximate surface area is 149 Å². The van der Waals surface area contributed by atoms with Crippen LogP contribution in [0.25, 0.3) is 0 Å². The Balaban J connectivity index is 1.23. The number of ether oxygens (including phenoxy) is 2. The molecule has 3 heterocycles. The van der Waals surface area contributed by atoms with Gasteiger partial charge in [-0.3, -0.25) is 4.90 Å². The van der Waals surface area contributed by atoms with Gasteiger partial charge in [-0.1, -0.05) is 18.2 Å². The number of para-hydroxylation sites is 2. The van der Waals surface area contributed by atoms with E-state index in [0.29, 0.717) is 12.5 Å². The molecule has 3 aliphatic rings. The highest BCUT2D eigenvalue weighted by Gasteiger charge is 2.27. The molecule has 5 heteroatoms. The summed E-state index contributed by atoms with van der Waals surface area (Å²) in [7, 11) is 0. The molecule has 0 aromatic heterocycles. The maximum absolute atomic E-state index is 6.13. The summed E-state index contributed by atoms with van der Waals surface area (Å²) in [5, 5.41) is 0. The van der Waals surface area contributed by atoms with Crippen molar-refractivity contribution in [2.45, 2.75) is 25.1 Å². The Morgan fingerprint density at radius 2 is 1.84 bits per heavy atom. The molecule has 1 aromatic carbocycles. The molecule has 4 rings (SSSR count). The molecule has 1 saturated heterocycles. The Hall–Kier alpha value is -1.98. The van der Waals surface area contributed by atoms with Crippen LogP contribution in [0.4, 0.5) is 0 Å². The summed E-state index contributed by atoms with van der Waals surface area (Å²) in [5.41, 5.74) is 6.13. The summed E-state index contributed by atoms with van der Waals surface area (Å²) in [6.07, 6.45) is 10.8. The lowest BCUT2D eigenvalue weighted by Crippen LogP contribution is -2.46. The first-order chi connectivity index (χ1) is 12.3. The Kier molecular flexibility index (Phi) is 4.95. The average Bonchev–Trinajstić information content (AvgIpc) is 2.65. The van der Waals surface area contributed by atoms with Crippen molar-refractivity contribution in [3.63, 3.8) is 0 Å². The van der Waals surface area contributed by atoms with Gasteiger partial charge in [-0.05, 0) is 56.1 Å². The third-order valence-corrected chi connectivity index (χ3v) is 5.29. The van der Waals surface area contributed by atoms with Crippen LogP contribution in [0, 0.1) is 5.92 Å².